The van der Waals surface area contributed by atoms with E-state index < -0.39 is 42.0 Å². The lowest BCUT2D eigenvalue weighted by Gasteiger charge is -2.37. The monoisotopic (exact) mass is 421 g/mol. The fraction of sp³-hybridized carbons (Fsp3) is 0.263. The van der Waals surface area contributed by atoms with Gasteiger partial charge in [0.2, 0.25) is 5.60 Å². The van der Waals surface area contributed by atoms with Crippen LogP contribution in [0.3, 0.4) is 0 Å². The molecule has 1 aliphatic rings. The summed E-state index contributed by atoms with van der Waals surface area (Å²) in [6.07, 6.45) is -4.24. The van der Waals surface area contributed by atoms with Crippen LogP contribution in [0.25, 0.3) is 0 Å². The second-order valence-corrected chi connectivity index (χ2v) is 6.75. The molecule has 30 heavy (non-hydrogen) atoms. The number of rotatable bonds is 3. The number of pyridine rings is 1. The third-order valence-electron chi connectivity index (χ3n) is 4.53. The molecule has 0 saturated carbocycles. The van der Waals surface area contributed by atoms with Gasteiger partial charge in [0.1, 0.15) is 17.6 Å². The fourth-order valence-corrected chi connectivity index (χ4v) is 2.89. The molecule has 0 spiro atoms. The van der Waals surface area contributed by atoms with Crippen LogP contribution in [0.4, 0.5) is 23.2 Å². The maximum atomic E-state index is 14.4. The van der Waals surface area contributed by atoms with E-state index in [9.17, 15) is 22.4 Å². The Bertz CT molecular complexity index is 1050. The van der Waals surface area contributed by atoms with Crippen LogP contribution in [0.5, 0.6) is 0 Å². The Hall–Kier alpha value is -3.68. The van der Waals surface area contributed by atoms with E-state index in [2.05, 4.69) is 20.0 Å². The molecule has 1 amide bonds. The van der Waals surface area contributed by atoms with Gasteiger partial charge in [-0.3, -0.25) is 4.79 Å². The Balaban J connectivity index is 1.87. The molecule has 2 unspecified atom stereocenters. The zero-order valence-electron chi connectivity index (χ0n) is 15.5. The number of nitrogens with two attached hydrogens (primary N) is 1. The van der Waals surface area contributed by atoms with Gasteiger partial charge < -0.3 is 15.8 Å². The number of ether oxygens (including phenoxy) is 1. The second-order valence-electron chi connectivity index (χ2n) is 6.75. The summed E-state index contributed by atoms with van der Waals surface area (Å²) in [5.74, 6) is -1.45. The number of alkyl halides is 3. The molecule has 0 fully saturated rings. The van der Waals surface area contributed by atoms with Gasteiger partial charge >= 0.3 is 6.18 Å². The van der Waals surface area contributed by atoms with Gasteiger partial charge in [-0.2, -0.15) is 18.4 Å². The largest absolute Gasteiger partial charge is 0.449 e. The van der Waals surface area contributed by atoms with E-state index in [1.807, 2.05) is 6.07 Å². The first kappa shape index (κ1) is 21.0. The SMILES string of the molecule is CC1(C(F)(F)F)CC(c2cc(NC(=O)c3ccc(C#N)cn3)ccc2F)N=C(N)O1. The van der Waals surface area contributed by atoms with Crippen molar-refractivity contribution in [3.05, 3.63) is 59.2 Å². The highest BCUT2D eigenvalue weighted by Crippen LogP contribution is 2.44. The van der Waals surface area contributed by atoms with Gasteiger partial charge in [-0.15, -0.1) is 0 Å². The van der Waals surface area contributed by atoms with E-state index in [1.165, 1.54) is 30.5 Å². The molecule has 3 rings (SSSR count). The molecule has 7 nitrogen and oxygen atoms in total. The molecule has 2 atom stereocenters. The van der Waals surface area contributed by atoms with E-state index in [0.29, 0.717) is 0 Å². The van der Waals surface area contributed by atoms with Crippen molar-refractivity contribution in [3.63, 3.8) is 0 Å². The first-order valence-corrected chi connectivity index (χ1v) is 8.58. The van der Waals surface area contributed by atoms with Crippen molar-refractivity contribution < 1.29 is 27.1 Å². The van der Waals surface area contributed by atoms with E-state index in [4.69, 9.17) is 11.0 Å². The van der Waals surface area contributed by atoms with Gasteiger partial charge in [0, 0.05) is 23.9 Å². The van der Waals surface area contributed by atoms with Crippen LogP contribution in [0, 0.1) is 17.1 Å². The lowest BCUT2D eigenvalue weighted by molar-refractivity contribution is -0.253. The predicted octanol–water partition coefficient (Wildman–Crippen LogP) is 3.44. The number of hydrogen-bond acceptors (Lipinski definition) is 6. The molecule has 0 bridgehead atoms. The number of nitrogens with zero attached hydrogens (tertiary/aromatic N) is 3. The Kier molecular flexibility index (Phi) is 5.35. The number of nitriles is 1. The molecular formula is C19H15F4N5O2. The Morgan fingerprint density at radius 3 is 2.70 bits per heavy atom. The third-order valence-corrected chi connectivity index (χ3v) is 4.53. The highest BCUT2D eigenvalue weighted by Gasteiger charge is 2.56. The maximum absolute atomic E-state index is 14.4. The Morgan fingerprint density at radius 1 is 1.37 bits per heavy atom. The van der Waals surface area contributed by atoms with Crippen molar-refractivity contribution in [2.24, 2.45) is 10.7 Å². The van der Waals surface area contributed by atoms with E-state index in [-0.39, 0.29) is 22.5 Å². The van der Waals surface area contributed by atoms with Gasteiger partial charge in [0.25, 0.3) is 11.9 Å². The molecule has 1 aromatic carbocycles. The lowest BCUT2D eigenvalue weighted by atomic mass is 9.90. The summed E-state index contributed by atoms with van der Waals surface area (Å²) in [6.45, 7) is 0.807. The number of amides is 1. The standard InChI is InChI=1S/C19H15F4N5O2/c1-18(19(21,22)23)7-15(28-17(25)30-18)12-6-11(3-4-13(12)20)27-16(29)14-5-2-10(8-24)9-26-14/h2-6,9,15H,7H2,1H3,(H2,25,28)(H,27,29). The van der Waals surface area contributed by atoms with Crippen LogP contribution in [-0.4, -0.2) is 28.7 Å². The van der Waals surface area contributed by atoms with Crippen LogP contribution >= 0.6 is 0 Å². The Morgan fingerprint density at radius 2 is 2.10 bits per heavy atom. The molecule has 1 aliphatic heterocycles. The smallest absolute Gasteiger partial charge is 0.428 e. The van der Waals surface area contributed by atoms with Crippen molar-refractivity contribution >= 4 is 17.6 Å². The van der Waals surface area contributed by atoms with Crippen molar-refractivity contribution in [2.75, 3.05) is 5.32 Å². The number of amidine groups is 1. The predicted molar refractivity (Wildman–Crippen MR) is 97.8 cm³/mol. The van der Waals surface area contributed by atoms with Crippen LogP contribution in [0.2, 0.25) is 0 Å². The third kappa shape index (κ3) is 4.17. The second kappa shape index (κ2) is 7.62. The van der Waals surface area contributed by atoms with Gasteiger partial charge in [-0.25, -0.2) is 14.4 Å². The number of hydrogen-bond donors (Lipinski definition) is 2. The minimum atomic E-state index is -4.75. The first-order valence-electron chi connectivity index (χ1n) is 8.58. The quantitative estimate of drug-likeness (QED) is 0.737. The summed E-state index contributed by atoms with van der Waals surface area (Å²) < 4.78 is 59.2. The summed E-state index contributed by atoms with van der Waals surface area (Å²) in [7, 11) is 0. The number of carbonyl (C=O) groups excluding carboxylic acids is 1. The molecule has 2 heterocycles. The normalized spacial score (nSPS) is 21.2. The van der Waals surface area contributed by atoms with Gasteiger partial charge in [0.05, 0.1) is 11.6 Å². The topological polar surface area (TPSA) is 113 Å². The molecule has 156 valence electrons. The van der Waals surface area contributed by atoms with Crippen LogP contribution in [0.1, 0.15) is 41.0 Å². The average molecular weight is 421 g/mol. The highest BCUT2D eigenvalue weighted by atomic mass is 19.4. The number of carbonyl (C=O) groups is 1. The van der Waals surface area contributed by atoms with Crippen LogP contribution < -0.4 is 11.1 Å². The van der Waals surface area contributed by atoms with Gasteiger partial charge in [-0.1, -0.05) is 0 Å². The van der Waals surface area contributed by atoms with E-state index in [0.717, 1.165) is 13.0 Å². The number of benzene rings is 1. The summed E-state index contributed by atoms with van der Waals surface area (Å²) >= 11 is 0. The molecule has 11 heteroatoms. The molecule has 0 aliphatic carbocycles. The molecule has 3 N–H and O–H groups in total. The number of anilines is 1. The van der Waals surface area contributed by atoms with E-state index in [1.54, 1.807) is 0 Å². The zero-order chi connectivity index (χ0) is 22.1. The molecular weight excluding hydrogens is 406 g/mol. The first-order chi connectivity index (χ1) is 14.0. The van der Waals surface area contributed by atoms with Crippen molar-refractivity contribution in [3.8, 4) is 6.07 Å². The highest BCUT2D eigenvalue weighted by molar-refractivity contribution is 6.02. The minimum Gasteiger partial charge on any atom is -0.449 e. The summed E-state index contributed by atoms with van der Waals surface area (Å²) in [5, 5.41) is 11.2. The number of aliphatic imine (C=N–C) groups is 1. The van der Waals surface area contributed by atoms with Crippen molar-refractivity contribution in [1.29, 1.82) is 5.26 Å². The summed E-state index contributed by atoms with van der Waals surface area (Å²) in [6, 6.07) is 6.05. The molecule has 1 aromatic heterocycles. The van der Waals surface area contributed by atoms with Crippen molar-refractivity contribution in [1.82, 2.24) is 4.98 Å². The lowest BCUT2D eigenvalue weighted by Crippen LogP contribution is -2.51. The van der Waals surface area contributed by atoms with Crippen molar-refractivity contribution in [2.45, 2.75) is 31.2 Å². The number of nitrogens with one attached hydrogen (secondary N) is 1. The molecule has 0 radical (unpaired) electrons. The van der Waals surface area contributed by atoms with Gasteiger partial charge in [-0.05, 0) is 37.3 Å². The van der Waals surface area contributed by atoms with Crippen LogP contribution in [0.15, 0.2) is 41.5 Å². The van der Waals surface area contributed by atoms with Gasteiger partial charge in [0.15, 0.2) is 0 Å². The number of halogens is 4. The average Bonchev–Trinajstić information content (AvgIpc) is 2.68. The van der Waals surface area contributed by atoms with Crippen LogP contribution in [-0.2, 0) is 4.74 Å². The minimum absolute atomic E-state index is 0.00199. The fourth-order valence-electron chi connectivity index (χ4n) is 2.89. The zero-order valence-corrected chi connectivity index (χ0v) is 15.5. The number of aromatic nitrogens is 1. The molecule has 0 saturated heterocycles. The Labute approximate surface area is 168 Å². The molecule has 2 aromatic rings. The summed E-state index contributed by atoms with van der Waals surface area (Å²) in [5.41, 5.74) is 2.97. The maximum Gasteiger partial charge on any atom is 0.428 e. The summed E-state index contributed by atoms with van der Waals surface area (Å²) in [4.78, 5) is 19.9. The van der Waals surface area contributed by atoms with E-state index >= 15 is 0 Å².